The minimum absolute atomic E-state index is 0. The van der Waals surface area contributed by atoms with Gasteiger partial charge in [0, 0.05) is 37.8 Å². The van der Waals surface area contributed by atoms with Gasteiger partial charge in [-0.15, -0.1) is 0 Å². The molecule has 4 aliphatic rings. The smallest absolute Gasteiger partial charge is 0.133 e. The maximum atomic E-state index is 6.75. The first-order valence-corrected chi connectivity index (χ1v) is 11.6. The van der Waals surface area contributed by atoms with Crippen LogP contribution in [0.1, 0.15) is 68.0 Å². The first-order chi connectivity index (χ1) is 14.7. The van der Waals surface area contributed by atoms with Crippen LogP contribution in [0.3, 0.4) is 0 Å². The van der Waals surface area contributed by atoms with E-state index in [1.807, 2.05) is 0 Å². The van der Waals surface area contributed by atoms with Crippen molar-refractivity contribution in [2.75, 3.05) is 31.1 Å². The van der Waals surface area contributed by atoms with Gasteiger partial charge in [0.2, 0.25) is 0 Å². The van der Waals surface area contributed by atoms with Crippen LogP contribution in [0.15, 0.2) is 41.4 Å². The number of benzene rings is 1. The lowest BCUT2D eigenvalue weighted by atomic mass is 9.73. The van der Waals surface area contributed by atoms with Crippen molar-refractivity contribution in [3.63, 3.8) is 0 Å². The van der Waals surface area contributed by atoms with Crippen LogP contribution in [-0.4, -0.2) is 41.9 Å². The third-order valence-electron chi connectivity index (χ3n) is 7.91. The first-order valence-electron chi connectivity index (χ1n) is 11.6. The van der Waals surface area contributed by atoms with E-state index in [9.17, 15) is 0 Å². The lowest BCUT2D eigenvalue weighted by Gasteiger charge is -2.42. The Kier molecular flexibility index (Phi) is 5.25. The molecule has 0 radical (unpaired) electrons. The summed E-state index contributed by atoms with van der Waals surface area (Å²) >= 11 is 0. The highest BCUT2D eigenvalue weighted by atomic mass is 15.2. The molecular weight excluding hydrogens is 382 g/mol. The first kappa shape index (κ1) is 20.5. The molecular formula is C26H35N5. The van der Waals surface area contributed by atoms with Gasteiger partial charge in [0.05, 0.1) is 12.2 Å². The summed E-state index contributed by atoms with van der Waals surface area (Å²) in [6.45, 7) is 5.07. The lowest BCUT2D eigenvalue weighted by molar-refractivity contribution is 0.187. The summed E-state index contributed by atoms with van der Waals surface area (Å²) in [6.07, 6.45) is 7.30. The van der Waals surface area contributed by atoms with Gasteiger partial charge in [0.15, 0.2) is 0 Å². The zero-order valence-corrected chi connectivity index (χ0v) is 17.7. The minimum atomic E-state index is 0. The number of aliphatic imine (C=N–C) groups is 1. The van der Waals surface area contributed by atoms with Crippen LogP contribution in [0.25, 0.3) is 0 Å². The largest absolute Gasteiger partial charge is 0.357 e. The monoisotopic (exact) mass is 417 g/mol. The molecule has 0 amide bonds. The molecule has 5 heteroatoms. The molecule has 6 rings (SSSR count). The van der Waals surface area contributed by atoms with E-state index in [2.05, 4.69) is 46.2 Å². The van der Waals surface area contributed by atoms with Gasteiger partial charge in [-0.05, 0) is 67.2 Å². The number of anilines is 1. The van der Waals surface area contributed by atoms with Crippen molar-refractivity contribution in [3.05, 3.63) is 58.8 Å². The third-order valence-corrected chi connectivity index (χ3v) is 7.91. The average molecular weight is 418 g/mol. The Hall–Kier alpha value is -2.40. The van der Waals surface area contributed by atoms with Gasteiger partial charge < -0.3 is 15.5 Å². The standard InChI is InChI=1S/C25H31N5.CH4/c26-23-19-7-3-2-6-18(19)16-25(23)10-14-29(15-11-25)22-9-8-20-21(28-22)17-27-24(20)30-12-4-1-5-13-30;/h2-3,6-9,23H,1,4-5,10-17,26H2;1H4/t23-;/m1./s1. The molecule has 1 aromatic heterocycles. The van der Waals surface area contributed by atoms with E-state index in [0.29, 0.717) is 0 Å². The average Bonchev–Trinajstić information content (AvgIpc) is 3.34. The van der Waals surface area contributed by atoms with Gasteiger partial charge in [-0.3, -0.25) is 4.99 Å². The summed E-state index contributed by atoms with van der Waals surface area (Å²) in [4.78, 5) is 14.8. The minimum Gasteiger partial charge on any atom is -0.357 e. The molecule has 4 heterocycles. The van der Waals surface area contributed by atoms with Crippen molar-refractivity contribution < 1.29 is 0 Å². The van der Waals surface area contributed by atoms with Gasteiger partial charge in [-0.25, -0.2) is 4.98 Å². The fourth-order valence-corrected chi connectivity index (χ4v) is 6.09. The van der Waals surface area contributed by atoms with Crippen LogP contribution < -0.4 is 10.6 Å². The summed E-state index contributed by atoms with van der Waals surface area (Å²) < 4.78 is 0. The highest BCUT2D eigenvalue weighted by Crippen LogP contribution is 2.50. The zero-order valence-electron chi connectivity index (χ0n) is 17.7. The molecule has 31 heavy (non-hydrogen) atoms. The number of nitrogens with two attached hydrogens (primary N) is 1. The number of pyridine rings is 1. The van der Waals surface area contributed by atoms with E-state index < -0.39 is 0 Å². The van der Waals surface area contributed by atoms with Crippen LogP contribution in [0.2, 0.25) is 0 Å². The van der Waals surface area contributed by atoms with Gasteiger partial charge >= 0.3 is 0 Å². The van der Waals surface area contributed by atoms with E-state index in [1.165, 1.54) is 41.8 Å². The van der Waals surface area contributed by atoms with E-state index in [-0.39, 0.29) is 18.9 Å². The number of nitrogens with zero attached hydrogens (tertiary/aromatic N) is 4. The predicted octanol–water partition coefficient (Wildman–Crippen LogP) is 4.31. The topological polar surface area (TPSA) is 57.8 Å². The fourth-order valence-electron chi connectivity index (χ4n) is 6.09. The summed E-state index contributed by atoms with van der Waals surface area (Å²) in [5.41, 5.74) is 12.2. The number of hydrogen-bond acceptors (Lipinski definition) is 5. The summed E-state index contributed by atoms with van der Waals surface area (Å²) in [6, 6.07) is 13.4. The maximum Gasteiger partial charge on any atom is 0.133 e. The number of fused-ring (bicyclic) bond motifs is 2. The summed E-state index contributed by atoms with van der Waals surface area (Å²) in [7, 11) is 0. The fraction of sp³-hybridized carbons (Fsp3) is 0.538. The molecule has 0 bridgehead atoms. The summed E-state index contributed by atoms with van der Waals surface area (Å²) in [5.74, 6) is 2.29. The SMILES string of the molecule is C.N[C@@H]1c2ccccc2CC12CCN(c1ccc3c(n1)CN=C3N1CCCCC1)CC2. The number of aromatic nitrogens is 1. The number of likely N-dealkylation sites (tertiary alicyclic amines) is 1. The third kappa shape index (κ3) is 3.34. The Bertz CT molecular complexity index is 983. The van der Waals surface area contributed by atoms with Crippen molar-refractivity contribution in [2.24, 2.45) is 16.1 Å². The van der Waals surface area contributed by atoms with Gasteiger partial charge in [-0.2, -0.15) is 0 Å². The Morgan fingerprint density at radius 2 is 1.68 bits per heavy atom. The Morgan fingerprint density at radius 3 is 2.45 bits per heavy atom. The van der Waals surface area contributed by atoms with Gasteiger partial charge in [0.1, 0.15) is 11.7 Å². The van der Waals surface area contributed by atoms with Crippen LogP contribution in [0.4, 0.5) is 5.82 Å². The molecule has 1 atom stereocenters. The van der Waals surface area contributed by atoms with E-state index in [4.69, 9.17) is 15.7 Å². The van der Waals surface area contributed by atoms with Crippen LogP contribution in [0.5, 0.6) is 0 Å². The van der Waals surface area contributed by atoms with Crippen molar-refractivity contribution >= 4 is 11.7 Å². The van der Waals surface area contributed by atoms with Crippen LogP contribution in [-0.2, 0) is 13.0 Å². The number of hydrogen-bond donors (Lipinski definition) is 1. The van der Waals surface area contributed by atoms with Crippen molar-refractivity contribution in [1.29, 1.82) is 0 Å². The molecule has 164 valence electrons. The molecule has 1 aromatic carbocycles. The summed E-state index contributed by atoms with van der Waals surface area (Å²) in [5, 5.41) is 0. The Morgan fingerprint density at radius 1 is 0.903 bits per heavy atom. The quantitative estimate of drug-likeness (QED) is 0.751. The Labute approximate surface area is 186 Å². The molecule has 0 unspecified atom stereocenters. The van der Waals surface area contributed by atoms with Crippen molar-refractivity contribution in [3.8, 4) is 0 Å². The Balaban J connectivity index is 0.00000204. The van der Waals surface area contributed by atoms with E-state index in [0.717, 1.165) is 63.5 Å². The number of rotatable bonds is 1. The molecule has 2 N–H and O–H groups in total. The van der Waals surface area contributed by atoms with Crippen molar-refractivity contribution in [1.82, 2.24) is 9.88 Å². The number of piperidine rings is 2. The van der Waals surface area contributed by atoms with E-state index >= 15 is 0 Å². The molecule has 1 aliphatic carbocycles. The second kappa shape index (κ2) is 7.94. The number of amidine groups is 1. The second-order valence-electron chi connectivity index (χ2n) is 9.55. The zero-order chi connectivity index (χ0) is 20.1. The van der Waals surface area contributed by atoms with E-state index in [1.54, 1.807) is 0 Å². The molecule has 2 fully saturated rings. The molecule has 0 saturated carbocycles. The van der Waals surface area contributed by atoms with Crippen molar-refractivity contribution in [2.45, 2.75) is 58.5 Å². The predicted molar refractivity (Wildman–Crippen MR) is 128 cm³/mol. The van der Waals surface area contributed by atoms with Gasteiger partial charge in [-0.1, -0.05) is 31.7 Å². The molecule has 2 saturated heterocycles. The molecule has 5 nitrogen and oxygen atoms in total. The van der Waals surface area contributed by atoms with Gasteiger partial charge in [0.25, 0.3) is 0 Å². The van der Waals surface area contributed by atoms with Crippen LogP contribution >= 0.6 is 0 Å². The highest BCUT2D eigenvalue weighted by Gasteiger charge is 2.45. The molecule has 1 spiro atoms. The second-order valence-corrected chi connectivity index (χ2v) is 9.55. The lowest BCUT2D eigenvalue weighted by Crippen LogP contribution is -2.44. The van der Waals surface area contributed by atoms with Crippen LogP contribution in [0, 0.1) is 5.41 Å². The molecule has 3 aliphatic heterocycles. The normalized spacial score (nSPS) is 23.9. The maximum absolute atomic E-state index is 6.75. The highest BCUT2D eigenvalue weighted by molar-refractivity contribution is 6.01. The molecule has 2 aromatic rings.